The lowest BCUT2D eigenvalue weighted by atomic mass is 9.96. The second-order valence-corrected chi connectivity index (χ2v) is 8.98. The molecule has 2 aromatic heterocycles. The molecule has 2 aliphatic heterocycles. The van der Waals surface area contributed by atoms with Crippen LogP contribution in [0.15, 0.2) is 54.7 Å². The number of nitrogens with one attached hydrogen (secondary N) is 1. The second-order valence-electron chi connectivity index (χ2n) is 8.59. The minimum absolute atomic E-state index is 0.0127. The number of phenols is 1. The van der Waals surface area contributed by atoms with E-state index >= 15 is 0 Å². The molecule has 3 aromatic rings. The van der Waals surface area contributed by atoms with Gasteiger partial charge in [0.2, 0.25) is 0 Å². The number of aryl methyl sites for hydroxylation is 1. The molecule has 2 fully saturated rings. The van der Waals surface area contributed by atoms with Gasteiger partial charge in [0, 0.05) is 36.4 Å². The highest BCUT2D eigenvalue weighted by atomic mass is 32.1. The van der Waals surface area contributed by atoms with Crippen LogP contribution in [0.5, 0.6) is 5.75 Å². The number of hydrogen-bond donors (Lipinski definition) is 2. The van der Waals surface area contributed by atoms with E-state index in [9.17, 15) is 5.11 Å². The summed E-state index contributed by atoms with van der Waals surface area (Å²) in [5.41, 5.74) is 5.51. The number of hydrogen-bond acceptors (Lipinski definition) is 4. The maximum atomic E-state index is 9.72. The van der Waals surface area contributed by atoms with Gasteiger partial charge in [-0.2, -0.15) is 0 Å². The third kappa shape index (κ3) is 3.76. The van der Waals surface area contributed by atoms with Crippen molar-refractivity contribution in [3.63, 3.8) is 0 Å². The molecule has 0 radical (unpaired) electrons. The van der Waals surface area contributed by atoms with E-state index in [2.05, 4.69) is 45.7 Å². The van der Waals surface area contributed by atoms with Crippen molar-refractivity contribution in [2.75, 3.05) is 13.2 Å². The third-order valence-corrected chi connectivity index (χ3v) is 6.87. The molecule has 6 nitrogen and oxygen atoms in total. The molecule has 7 heteroatoms. The number of rotatable bonds is 5. The van der Waals surface area contributed by atoms with Crippen molar-refractivity contribution in [2.45, 2.75) is 44.9 Å². The minimum atomic E-state index is -0.0427. The molecule has 0 saturated carbocycles. The van der Waals surface area contributed by atoms with E-state index in [1.54, 1.807) is 12.1 Å². The Hall–Kier alpha value is -2.90. The first kappa shape index (κ1) is 21.0. The van der Waals surface area contributed by atoms with Crippen molar-refractivity contribution in [2.24, 2.45) is 0 Å². The molecule has 0 unspecified atom stereocenters. The zero-order valence-corrected chi connectivity index (χ0v) is 19.2. The van der Waals surface area contributed by atoms with Gasteiger partial charge in [-0.15, -0.1) is 0 Å². The monoisotopic (exact) mass is 448 g/mol. The third-order valence-electron chi connectivity index (χ3n) is 6.52. The van der Waals surface area contributed by atoms with Gasteiger partial charge < -0.3 is 24.6 Å². The molecule has 4 heterocycles. The van der Waals surface area contributed by atoms with Crippen molar-refractivity contribution in [1.29, 1.82) is 0 Å². The highest BCUT2D eigenvalue weighted by Crippen LogP contribution is 2.42. The van der Waals surface area contributed by atoms with E-state index < -0.39 is 0 Å². The lowest BCUT2D eigenvalue weighted by Gasteiger charge is -2.30. The quantitative estimate of drug-likeness (QED) is 0.566. The van der Waals surface area contributed by atoms with Gasteiger partial charge in [0.05, 0.1) is 23.9 Å². The van der Waals surface area contributed by atoms with Crippen LogP contribution in [0.25, 0.3) is 5.69 Å². The van der Waals surface area contributed by atoms with Gasteiger partial charge in [-0.1, -0.05) is 6.07 Å². The van der Waals surface area contributed by atoms with E-state index in [4.69, 9.17) is 17.0 Å². The number of aromatic nitrogens is 2. The van der Waals surface area contributed by atoms with E-state index in [0.717, 1.165) is 53.9 Å². The molecule has 32 heavy (non-hydrogen) atoms. The Labute approximate surface area is 193 Å². The summed E-state index contributed by atoms with van der Waals surface area (Å²) in [7, 11) is 0. The molecule has 2 saturated heterocycles. The van der Waals surface area contributed by atoms with E-state index in [-0.39, 0.29) is 23.9 Å². The molecule has 0 spiro atoms. The standard InChI is InChI=1S/C25H28N4O2S/c1-16-14-21(17(2)29(16)18-8-10-19(30)11-9-18)24-23(22-7-3-4-12-26-22)27-25(32)28(24)15-20-6-5-13-31-20/h3-4,7-12,14,20,23-24,30H,5-6,13,15H2,1-2H3,(H,27,32)/t20-,23+,24-/m0/s1. The van der Waals surface area contributed by atoms with E-state index in [1.165, 1.54) is 5.56 Å². The number of ether oxygens (including phenoxy) is 1. The molecule has 3 atom stereocenters. The molecular weight excluding hydrogens is 420 g/mol. The molecule has 2 N–H and O–H groups in total. The molecule has 5 rings (SSSR count). The van der Waals surface area contributed by atoms with Gasteiger partial charge in [0.1, 0.15) is 5.75 Å². The molecule has 0 aliphatic carbocycles. The molecule has 2 aliphatic rings. The van der Waals surface area contributed by atoms with E-state index in [1.807, 2.05) is 30.5 Å². The van der Waals surface area contributed by atoms with Gasteiger partial charge >= 0.3 is 0 Å². The van der Waals surface area contributed by atoms with Crippen LogP contribution in [0.4, 0.5) is 0 Å². The Morgan fingerprint density at radius 2 is 2.00 bits per heavy atom. The van der Waals surface area contributed by atoms with Crippen LogP contribution in [0.3, 0.4) is 0 Å². The fourth-order valence-electron chi connectivity index (χ4n) is 5.03. The maximum Gasteiger partial charge on any atom is 0.170 e. The summed E-state index contributed by atoms with van der Waals surface area (Å²) in [6, 6.07) is 15.6. The van der Waals surface area contributed by atoms with Crippen LogP contribution in [0, 0.1) is 13.8 Å². The largest absolute Gasteiger partial charge is 0.508 e. The summed E-state index contributed by atoms with van der Waals surface area (Å²) >= 11 is 5.82. The van der Waals surface area contributed by atoms with Crippen LogP contribution >= 0.6 is 12.2 Å². The van der Waals surface area contributed by atoms with Crippen molar-refractivity contribution in [1.82, 2.24) is 19.8 Å². The zero-order valence-electron chi connectivity index (χ0n) is 18.4. The molecular formula is C25H28N4O2S. The number of phenolic OH excluding ortho intramolecular Hbond substituents is 1. The summed E-state index contributed by atoms with van der Waals surface area (Å²) in [5.74, 6) is 0.264. The molecule has 0 amide bonds. The van der Waals surface area contributed by atoms with Crippen molar-refractivity contribution >= 4 is 17.3 Å². The first-order valence-corrected chi connectivity index (χ1v) is 11.5. The van der Waals surface area contributed by atoms with Crippen LogP contribution in [-0.2, 0) is 4.74 Å². The number of benzene rings is 1. The molecule has 0 bridgehead atoms. The smallest absolute Gasteiger partial charge is 0.170 e. The van der Waals surface area contributed by atoms with Gasteiger partial charge in [-0.3, -0.25) is 4.98 Å². The zero-order chi connectivity index (χ0) is 22.2. The number of pyridine rings is 1. The Bertz CT molecular complexity index is 1110. The summed E-state index contributed by atoms with van der Waals surface area (Å²) in [4.78, 5) is 6.93. The topological polar surface area (TPSA) is 62.5 Å². The Morgan fingerprint density at radius 1 is 1.19 bits per heavy atom. The summed E-state index contributed by atoms with van der Waals surface area (Å²) < 4.78 is 8.19. The molecule has 166 valence electrons. The number of nitrogens with zero attached hydrogens (tertiary/aromatic N) is 3. The fraction of sp³-hybridized carbons (Fsp3) is 0.360. The first-order chi connectivity index (χ1) is 15.5. The first-order valence-electron chi connectivity index (χ1n) is 11.1. The maximum absolute atomic E-state index is 9.72. The van der Waals surface area contributed by atoms with Crippen LogP contribution in [0.2, 0.25) is 0 Å². The highest BCUT2D eigenvalue weighted by Gasteiger charge is 2.42. The number of thiocarbonyl (C=S) groups is 1. The van der Waals surface area contributed by atoms with Crippen molar-refractivity contribution < 1.29 is 9.84 Å². The Balaban J connectivity index is 1.58. The Morgan fingerprint density at radius 3 is 2.69 bits per heavy atom. The van der Waals surface area contributed by atoms with Gasteiger partial charge in [0.15, 0.2) is 5.11 Å². The summed E-state index contributed by atoms with van der Waals surface area (Å²) in [6.45, 7) is 5.85. The average molecular weight is 449 g/mol. The van der Waals surface area contributed by atoms with E-state index in [0.29, 0.717) is 0 Å². The van der Waals surface area contributed by atoms with Gasteiger partial charge in [-0.25, -0.2) is 0 Å². The lowest BCUT2D eigenvalue weighted by Crippen LogP contribution is -2.36. The van der Waals surface area contributed by atoms with Gasteiger partial charge in [-0.05, 0) is 86.9 Å². The summed E-state index contributed by atoms with van der Waals surface area (Å²) in [6.07, 6.45) is 4.19. The van der Waals surface area contributed by atoms with Gasteiger partial charge in [0.25, 0.3) is 0 Å². The van der Waals surface area contributed by atoms with Crippen LogP contribution in [0.1, 0.15) is 47.6 Å². The average Bonchev–Trinajstić information content (AvgIpc) is 3.49. The van der Waals surface area contributed by atoms with Crippen molar-refractivity contribution in [3.8, 4) is 11.4 Å². The minimum Gasteiger partial charge on any atom is -0.508 e. The normalized spacial score (nSPS) is 23.0. The predicted molar refractivity (Wildman–Crippen MR) is 128 cm³/mol. The molecule has 1 aromatic carbocycles. The van der Waals surface area contributed by atoms with Crippen molar-refractivity contribution in [3.05, 3.63) is 77.4 Å². The second kappa shape index (κ2) is 8.56. The predicted octanol–water partition coefficient (Wildman–Crippen LogP) is 4.35. The highest BCUT2D eigenvalue weighted by molar-refractivity contribution is 7.80. The Kier molecular flexibility index (Phi) is 5.61. The van der Waals surface area contributed by atoms with Crippen LogP contribution < -0.4 is 5.32 Å². The summed E-state index contributed by atoms with van der Waals surface area (Å²) in [5, 5.41) is 14.0. The number of aromatic hydroxyl groups is 1. The lowest BCUT2D eigenvalue weighted by molar-refractivity contribution is 0.0842. The fourth-order valence-corrected chi connectivity index (χ4v) is 5.35. The SMILES string of the molecule is Cc1cc([C@H]2[C@@H](c3ccccn3)NC(=S)N2C[C@@H]2CCCO2)c(C)n1-c1ccc(O)cc1. The van der Waals surface area contributed by atoms with Crippen LogP contribution in [-0.4, -0.2) is 43.9 Å².